The molecule has 3 atom stereocenters. The molecular formula is C12H19N5. The summed E-state index contributed by atoms with van der Waals surface area (Å²) in [6.45, 7) is 6.79. The molecule has 1 heterocycles. The number of nitrogens with one attached hydrogen (secondary N) is 1. The summed E-state index contributed by atoms with van der Waals surface area (Å²) in [6, 6.07) is 2.51. The average Bonchev–Trinajstić information content (AvgIpc) is 2.37. The quantitative estimate of drug-likeness (QED) is 0.784. The number of nitrogens with zero attached hydrogens (tertiary/aromatic N) is 3. The van der Waals surface area contributed by atoms with E-state index in [1.54, 1.807) is 12.4 Å². The summed E-state index contributed by atoms with van der Waals surface area (Å²) in [6.07, 6.45) is 3.11. The van der Waals surface area contributed by atoms with Gasteiger partial charge in [0.25, 0.3) is 0 Å². The van der Waals surface area contributed by atoms with Crippen LogP contribution in [0.15, 0.2) is 12.4 Å². The number of hydrogen-bond donors (Lipinski definition) is 2. The van der Waals surface area contributed by atoms with Gasteiger partial charge < -0.3 is 11.1 Å². The van der Waals surface area contributed by atoms with Gasteiger partial charge in [-0.25, -0.2) is 9.97 Å². The van der Waals surface area contributed by atoms with Gasteiger partial charge in [0, 0.05) is 36.9 Å². The predicted molar refractivity (Wildman–Crippen MR) is 66.3 cm³/mol. The first-order valence-corrected chi connectivity index (χ1v) is 5.76. The average molecular weight is 233 g/mol. The van der Waals surface area contributed by atoms with Crippen LogP contribution < -0.4 is 11.1 Å². The fraction of sp³-hybridized carbons (Fsp3) is 0.583. The maximum absolute atomic E-state index is 8.67. The lowest BCUT2D eigenvalue weighted by atomic mass is 10.0. The minimum absolute atomic E-state index is 0.178. The van der Waals surface area contributed by atoms with Gasteiger partial charge in [0.15, 0.2) is 0 Å². The lowest BCUT2D eigenvalue weighted by molar-refractivity contribution is 0.417. The summed E-state index contributed by atoms with van der Waals surface area (Å²) in [4.78, 5) is 8.40. The largest absolute Gasteiger partial charge is 0.329 e. The number of nitrogens with two attached hydrogens (primary N) is 1. The van der Waals surface area contributed by atoms with E-state index in [0.29, 0.717) is 12.1 Å². The molecule has 0 saturated heterocycles. The van der Waals surface area contributed by atoms with E-state index in [1.165, 1.54) is 0 Å². The van der Waals surface area contributed by atoms with Crippen LogP contribution in [0.25, 0.3) is 0 Å². The van der Waals surface area contributed by atoms with Crippen molar-refractivity contribution in [2.24, 2.45) is 5.73 Å². The fourth-order valence-electron chi connectivity index (χ4n) is 1.52. The van der Waals surface area contributed by atoms with Gasteiger partial charge in [-0.3, -0.25) is 0 Å². The monoisotopic (exact) mass is 233 g/mol. The Bertz CT molecular complexity index is 381. The maximum atomic E-state index is 8.67. The van der Waals surface area contributed by atoms with E-state index in [9.17, 15) is 0 Å². The molecule has 0 fully saturated rings. The molecule has 5 heteroatoms. The summed E-state index contributed by atoms with van der Waals surface area (Å²) < 4.78 is 0. The van der Waals surface area contributed by atoms with Crippen molar-refractivity contribution >= 4 is 0 Å². The Hall–Kier alpha value is -1.51. The van der Waals surface area contributed by atoms with E-state index in [4.69, 9.17) is 11.0 Å². The van der Waals surface area contributed by atoms with Crippen molar-refractivity contribution in [1.29, 1.82) is 5.26 Å². The van der Waals surface area contributed by atoms with E-state index in [2.05, 4.69) is 29.1 Å². The number of nitriles is 1. The molecule has 17 heavy (non-hydrogen) atoms. The van der Waals surface area contributed by atoms with Crippen molar-refractivity contribution in [3.05, 3.63) is 23.8 Å². The molecule has 1 aromatic heterocycles. The van der Waals surface area contributed by atoms with Crippen molar-refractivity contribution < 1.29 is 0 Å². The molecule has 1 unspecified atom stereocenters. The van der Waals surface area contributed by atoms with Gasteiger partial charge in [-0.2, -0.15) is 5.26 Å². The lowest BCUT2D eigenvalue weighted by Gasteiger charge is -2.23. The molecule has 0 aliphatic rings. The molecule has 3 N–H and O–H groups in total. The summed E-state index contributed by atoms with van der Waals surface area (Å²) >= 11 is 0. The molecule has 1 rings (SSSR count). The van der Waals surface area contributed by atoms with Crippen LogP contribution >= 0.6 is 0 Å². The molecule has 0 radical (unpaired) electrons. The minimum atomic E-state index is 0.178. The van der Waals surface area contributed by atoms with Crippen LogP contribution in [0.1, 0.15) is 38.1 Å². The Morgan fingerprint density at radius 3 is 2.41 bits per heavy atom. The number of aromatic nitrogens is 2. The van der Waals surface area contributed by atoms with Crippen molar-refractivity contribution in [2.75, 3.05) is 6.54 Å². The Morgan fingerprint density at radius 2 is 1.94 bits per heavy atom. The summed E-state index contributed by atoms with van der Waals surface area (Å²) in [5.74, 6) is 0.921. The first-order valence-electron chi connectivity index (χ1n) is 5.76. The fourth-order valence-corrected chi connectivity index (χ4v) is 1.52. The van der Waals surface area contributed by atoms with E-state index >= 15 is 0 Å². The Morgan fingerprint density at radius 1 is 1.35 bits per heavy atom. The van der Waals surface area contributed by atoms with Crippen LogP contribution in [0.3, 0.4) is 0 Å². The number of hydrogen-bond acceptors (Lipinski definition) is 5. The second-order valence-corrected chi connectivity index (χ2v) is 4.32. The third-order valence-corrected chi connectivity index (χ3v) is 2.86. The summed E-state index contributed by atoms with van der Waals surface area (Å²) in [7, 11) is 0. The molecule has 0 amide bonds. The Balaban J connectivity index is 2.68. The van der Waals surface area contributed by atoms with Gasteiger partial charge in [-0.05, 0) is 13.8 Å². The summed E-state index contributed by atoms with van der Waals surface area (Å²) in [5.41, 5.74) is 6.05. The second-order valence-electron chi connectivity index (χ2n) is 4.32. The zero-order chi connectivity index (χ0) is 12.8. The topological polar surface area (TPSA) is 87.6 Å². The van der Waals surface area contributed by atoms with Gasteiger partial charge in [0.1, 0.15) is 11.9 Å². The van der Waals surface area contributed by atoms with Crippen molar-refractivity contribution in [3.8, 4) is 6.07 Å². The Kier molecular flexibility index (Phi) is 5.01. The van der Waals surface area contributed by atoms with Crippen LogP contribution in [0.2, 0.25) is 0 Å². The van der Waals surface area contributed by atoms with Crippen molar-refractivity contribution in [2.45, 2.75) is 38.8 Å². The third-order valence-electron chi connectivity index (χ3n) is 2.86. The predicted octanol–water partition coefficient (Wildman–Crippen LogP) is 0.777. The van der Waals surface area contributed by atoms with Crippen LogP contribution in [0.5, 0.6) is 0 Å². The molecule has 5 nitrogen and oxygen atoms in total. The zero-order valence-electron chi connectivity index (χ0n) is 10.5. The minimum Gasteiger partial charge on any atom is -0.329 e. The molecule has 0 spiro atoms. The van der Waals surface area contributed by atoms with Gasteiger partial charge in [0.2, 0.25) is 0 Å². The van der Waals surface area contributed by atoms with Crippen LogP contribution in [-0.4, -0.2) is 28.6 Å². The number of rotatable bonds is 5. The molecule has 0 aliphatic heterocycles. The highest BCUT2D eigenvalue weighted by Gasteiger charge is 2.18. The third kappa shape index (κ3) is 3.77. The molecule has 0 aromatic carbocycles. The second kappa shape index (κ2) is 6.28. The van der Waals surface area contributed by atoms with Gasteiger partial charge >= 0.3 is 0 Å². The Labute approximate surface area is 102 Å². The smallest absolute Gasteiger partial charge is 0.132 e. The van der Waals surface area contributed by atoms with Gasteiger partial charge in [-0.1, -0.05) is 6.92 Å². The molecule has 0 aliphatic carbocycles. The molecule has 1 aromatic rings. The van der Waals surface area contributed by atoms with E-state index in [-0.39, 0.29) is 18.0 Å². The summed E-state index contributed by atoms with van der Waals surface area (Å²) in [5, 5.41) is 12.1. The van der Waals surface area contributed by atoms with Crippen molar-refractivity contribution in [3.63, 3.8) is 0 Å². The van der Waals surface area contributed by atoms with Crippen LogP contribution in [-0.2, 0) is 0 Å². The van der Waals surface area contributed by atoms with Gasteiger partial charge in [-0.15, -0.1) is 0 Å². The van der Waals surface area contributed by atoms with Crippen LogP contribution in [0.4, 0.5) is 0 Å². The highest BCUT2D eigenvalue weighted by atomic mass is 15.0. The van der Waals surface area contributed by atoms with E-state index < -0.39 is 0 Å². The van der Waals surface area contributed by atoms with E-state index in [1.807, 2.05) is 13.0 Å². The first kappa shape index (κ1) is 13.6. The molecule has 92 valence electrons. The van der Waals surface area contributed by atoms with Crippen LogP contribution in [0, 0.1) is 11.3 Å². The van der Waals surface area contributed by atoms with Crippen molar-refractivity contribution in [1.82, 2.24) is 15.3 Å². The maximum Gasteiger partial charge on any atom is 0.132 e. The SMILES string of the molecule is CC(c1ncc(C#N)cn1)[C@@H](C)N[C@H](C)CN. The van der Waals surface area contributed by atoms with Gasteiger partial charge in [0.05, 0.1) is 5.56 Å². The highest BCUT2D eigenvalue weighted by Crippen LogP contribution is 2.14. The van der Waals surface area contributed by atoms with E-state index in [0.717, 1.165) is 5.82 Å². The molecule has 0 bridgehead atoms. The standard InChI is InChI=1S/C12H19N5/c1-8(4-13)17-10(3)9(2)12-15-6-11(5-14)7-16-12/h6-10,17H,4,13H2,1-3H3/t8-,9?,10-/m1/s1. The molecular weight excluding hydrogens is 214 g/mol. The zero-order valence-corrected chi connectivity index (χ0v) is 10.5. The first-order chi connectivity index (χ1) is 8.08. The highest BCUT2D eigenvalue weighted by molar-refractivity contribution is 5.22. The molecule has 0 saturated carbocycles. The lowest BCUT2D eigenvalue weighted by Crippen LogP contribution is -2.42. The normalized spacial score (nSPS) is 15.9.